The summed E-state index contributed by atoms with van der Waals surface area (Å²) >= 11 is 0. The van der Waals surface area contributed by atoms with Crippen molar-refractivity contribution in [2.75, 3.05) is 41.4 Å². The summed E-state index contributed by atoms with van der Waals surface area (Å²) in [6.45, 7) is 1.24. The molecule has 0 aliphatic heterocycles. The van der Waals surface area contributed by atoms with Crippen LogP contribution in [0.4, 0.5) is 0 Å². The van der Waals surface area contributed by atoms with Crippen molar-refractivity contribution in [3.63, 3.8) is 0 Å². The van der Waals surface area contributed by atoms with Gasteiger partial charge in [0.05, 0.1) is 21.1 Å². The minimum Gasteiger partial charge on any atom is -0.400 e. The molecule has 0 aliphatic carbocycles. The molecule has 2 N–H and O–H groups in total. The van der Waals surface area contributed by atoms with Crippen LogP contribution in [0.3, 0.4) is 0 Å². The van der Waals surface area contributed by atoms with Crippen LogP contribution in [0.2, 0.25) is 0 Å². The Morgan fingerprint density at radius 3 is 1.70 bits per heavy atom. The molecular formula is C6H18NO3+. The fourth-order valence-electron chi connectivity index (χ4n) is 0.315. The third-order valence-electron chi connectivity index (χ3n) is 0.853. The minimum atomic E-state index is 0.406. The zero-order valence-electron chi connectivity index (χ0n) is 7.16. The monoisotopic (exact) mass is 152 g/mol. The van der Waals surface area contributed by atoms with Crippen LogP contribution in [0.15, 0.2) is 0 Å². The van der Waals surface area contributed by atoms with Gasteiger partial charge in [-0.05, 0) is 0 Å². The van der Waals surface area contributed by atoms with Crippen LogP contribution in [0.5, 0.6) is 0 Å². The van der Waals surface area contributed by atoms with Gasteiger partial charge in [-0.15, -0.1) is 0 Å². The Morgan fingerprint density at radius 2 is 1.60 bits per heavy atom. The zero-order valence-corrected chi connectivity index (χ0v) is 7.16. The summed E-state index contributed by atoms with van der Waals surface area (Å²) in [5, 5.41) is 14.9. The van der Waals surface area contributed by atoms with Crippen LogP contribution < -0.4 is 0 Å². The number of nitrogens with zero attached hydrogens (tertiary/aromatic N) is 1. The lowest BCUT2D eigenvalue weighted by Gasteiger charge is -2.22. The fourth-order valence-corrected chi connectivity index (χ4v) is 0.315. The lowest BCUT2D eigenvalue weighted by molar-refractivity contribution is -0.871. The van der Waals surface area contributed by atoms with E-state index >= 15 is 0 Å². The van der Waals surface area contributed by atoms with Crippen LogP contribution in [0, 0.1) is 0 Å². The molecule has 0 spiro atoms. The van der Waals surface area contributed by atoms with E-state index in [2.05, 4.69) is 4.89 Å². The highest BCUT2D eigenvalue weighted by Gasteiger charge is 2.04. The quantitative estimate of drug-likeness (QED) is 0.334. The van der Waals surface area contributed by atoms with E-state index < -0.39 is 0 Å². The lowest BCUT2D eigenvalue weighted by atomic mass is 10.5. The van der Waals surface area contributed by atoms with Crippen molar-refractivity contribution in [3.05, 3.63) is 0 Å². The van der Waals surface area contributed by atoms with Crippen molar-refractivity contribution in [1.29, 1.82) is 0 Å². The van der Waals surface area contributed by atoms with Gasteiger partial charge in [-0.2, -0.15) is 0 Å². The molecule has 0 aromatic carbocycles. The second-order valence-corrected chi connectivity index (χ2v) is 2.85. The lowest BCUT2D eigenvalue weighted by Crippen LogP contribution is -2.37. The van der Waals surface area contributed by atoms with E-state index in [9.17, 15) is 0 Å². The number of aliphatic hydroxyl groups is 1. The summed E-state index contributed by atoms with van der Waals surface area (Å²) in [5.74, 6) is 0. The Labute approximate surface area is 62.2 Å². The normalized spacial score (nSPS) is 10.2. The van der Waals surface area contributed by atoms with Crippen molar-refractivity contribution in [1.82, 2.24) is 0 Å². The summed E-state index contributed by atoms with van der Waals surface area (Å²) in [6.07, 6.45) is 0. The average Bonchev–Trinajstić information content (AvgIpc) is 1.87. The number of rotatable bonds is 3. The van der Waals surface area contributed by atoms with Gasteiger partial charge in [-0.1, -0.05) is 0 Å². The van der Waals surface area contributed by atoms with E-state index in [4.69, 9.17) is 10.4 Å². The Bertz CT molecular complexity index is 60.5. The topological polar surface area (TPSA) is 49.7 Å². The third-order valence-corrected chi connectivity index (χ3v) is 0.853. The van der Waals surface area contributed by atoms with E-state index in [-0.39, 0.29) is 0 Å². The standard InChI is InChI=1S/C5H13NO2.CH4O/c1-6(2,3)4-5-8-7;1-2/h4-5H2,1-3H3;2H,1H3/p+1. The molecule has 0 rings (SSSR count). The van der Waals surface area contributed by atoms with Gasteiger partial charge in [-0.25, -0.2) is 4.89 Å². The van der Waals surface area contributed by atoms with Gasteiger partial charge in [0.1, 0.15) is 13.2 Å². The molecule has 0 saturated heterocycles. The van der Waals surface area contributed by atoms with E-state index in [1.807, 2.05) is 21.1 Å². The van der Waals surface area contributed by atoms with Crippen LogP contribution in [0.1, 0.15) is 0 Å². The molecule has 0 aliphatic rings. The smallest absolute Gasteiger partial charge is 0.131 e. The molecule has 10 heavy (non-hydrogen) atoms. The summed E-state index contributed by atoms with van der Waals surface area (Å²) < 4.78 is 0.820. The first-order valence-corrected chi connectivity index (χ1v) is 3.08. The van der Waals surface area contributed by atoms with Crippen molar-refractivity contribution in [2.45, 2.75) is 0 Å². The molecule has 0 amide bonds. The van der Waals surface area contributed by atoms with Crippen molar-refractivity contribution >= 4 is 0 Å². The molecular weight excluding hydrogens is 134 g/mol. The van der Waals surface area contributed by atoms with Gasteiger partial charge in [0.2, 0.25) is 0 Å². The number of hydrogen-bond donors (Lipinski definition) is 2. The largest absolute Gasteiger partial charge is 0.400 e. The van der Waals surface area contributed by atoms with Crippen LogP contribution >= 0.6 is 0 Å². The van der Waals surface area contributed by atoms with E-state index in [0.717, 1.165) is 18.1 Å². The molecule has 0 bridgehead atoms. The van der Waals surface area contributed by atoms with Crippen LogP contribution in [0.25, 0.3) is 0 Å². The van der Waals surface area contributed by atoms with Crippen LogP contribution in [-0.2, 0) is 4.89 Å². The van der Waals surface area contributed by atoms with Gasteiger partial charge in [0, 0.05) is 7.11 Å². The third kappa shape index (κ3) is 15.7. The Kier molecular flexibility index (Phi) is 8.70. The summed E-state index contributed by atoms with van der Waals surface area (Å²) in [4.78, 5) is 3.90. The maximum atomic E-state index is 7.92. The first-order chi connectivity index (χ1) is 4.56. The molecule has 4 nitrogen and oxygen atoms in total. The molecule has 4 heteroatoms. The molecule has 0 aromatic rings. The number of hydrogen-bond acceptors (Lipinski definition) is 3. The molecule has 0 saturated carbocycles. The second-order valence-electron chi connectivity index (χ2n) is 2.85. The van der Waals surface area contributed by atoms with Gasteiger partial charge in [0.15, 0.2) is 0 Å². The molecule has 0 unspecified atom stereocenters. The first kappa shape index (κ1) is 12.5. The minimum absolute atomic E-state index is 0.406. The molecule has 0 heterocycles. The molecule has 0 atom stereocenters. The van der Waals surface area contributed by atoms with Crippen LogP contribution in [-0.4, -0.2) is 56.3 Å². The van der Waals surface area contributed by atoms with E-state index in [1.54, 1.807) is 0 Å². The van der Waals surface area contributed by atoms with Crippen molar-refractivity contribution in [3.8, 4) is 0 Å². The van der Waals surface area contributed by atoms with Crippen molar-refractivity contribution in [2.24, 2.45) is 0 Å². The maximum absolute atomic E-state index is 7.92. The SMILES string of the molecule is CO.C[N+](C)(C)CCOO. The van der Waals surface area contributed by atoms with E-state index in [0.29, 0.717) is 6.61 Å². The zero-order chi connectivity index (χ0) is 8.62. The first-order valence-electron chi connectivity index (χ1n) is 3.08. The maximum Gasteiger partial charge on any atom is 0.131 e. The van der Waals surface area contributed by atoms with Gasteiger partial charge < -0.3 is 9.59 Å². The molecule has 64 valence electrons. The summed E-state index contributed by atoms with van der Waals surface area (Å²) in [7, 11) is 7.12. The highest BCUT2D eigenvalue weighted by atomic mass is 17.1. The van der Waals surface area contributed by atoms with Crippen molar-refractivity contribution < 1.29 is 19.7 Å². The van der Waals surface area contributed by atoms with Gasteiger partial charge in [-0.3, -0.25) is 5.26 Å². The summed E-state index contributed by atoms with van der Waals surface area (Å²) in [5.41, 5.74) is 0. The van der Waals surface area contributed by atoms with Gasteiger partial charge >= 0.3 is 0 Å². The Balaban J connectivity index is 0. The molecule has 0 radical (unpaired) electrons. The Hall–Kier alpha value is -0.160. The average molecular weight is 152 g/mol. The number of likely N-dealkylation sites (N-methyl/N-ethyl adjacent to an activating group) is 1. The summed E-state index contributed by atoms with van der Waals surface area (Å²) in [6, 6.07) is 0. The highest BCUT2D eigenvalue weighted by molar-refractivity contribution is 4.20. The Morgan fingerprint density at radius 1 is 1.20 bits per heavy atom. The van der Waals surface area contributed by atoms with E-state index in [1.165, 1.54) is 0 Å². The fraction of sp³-hybridized carbons (Fsp3) is 1.00. The predicted octanol–water partition coefficient (Wildman–Crippen LogP) is -0.209. The predicted molar refractivity (Wildman–Crippen MR) is 39.6 cm³/mol. The number of quaternary nitrogens is 1. The molecule has 0 aromatic heterocycles. The molecule has 0 fully saturated rings. The second kappa shape index (κ2) is 6.95. The van der Waals surface area contributed by atoms with Gasteiger partial charge in [0.25, 0.3) is 0 Å². The number of aliphatic hydroxyl groups excluding tert-OH is 1. The highest BCUT2D eigenvalue weighted by Crippen LogP contribution is 1.86.